The van der Waals surface area contributed by atoms with Crippen LogP contribution < -0.4 is 9.64 Å². The summed E-state index contributed by atoms with van der Waals surface area (Å²) in [5.41, 5.74) is 1.03. The molecule has 1 aromatic carbocycles. The first kappa shape index (κ1) is 27.8. The zero-order chi connectivity index (χ0) is 27.0. The summed E-state index contributed by atoms with van der Waals surface area (Å²) in [6.45, 7) is 11.9. The third-order valence-electron chi connectivity index (χ3n) is 6.50. The summed E-state index contributed by atoms with van der Waals surface area (Å²) >= 11 is 0. The standard InChI is InChI=1S/C27H36F2N2O5/c1-15-20(24(25(33)34)36-26(2,3)4)22(31-10-8-27(5,6)9-11-31)21(19(14-32)30-15)16-12-17(28)23(35-7)18(29)13-16/h12-13,24,32H,8-11,14H2,1-7H3,(H,33,34)/t24-/m0/s1. The van der Waals surface area contributed by atoms with Gasteiger partial charge in [0, 0.05) is 29.9 Å². The maximum absolute atomic E-state index is 14.8. The largest absolute Gasteiger partial charge is 0.491 e. The number of halogens is 2. The lowest BCUT2D eigenvalue weighted by atomic mass is 9.81. The molecule has 1 aliphatic rings. The van der Waals surface area contributed by atoms with Gasteiger partial charge in [0.25, 0.3) is 0 Å². The molecular weight excluding hydrogens is 470 g/mol. The Hall–Kier alpha value is -2.78. The molecule has 2 aromatic rings. The van der Waals surface area contributed by atoms with Crippen molar-refractivity contribution in [2.45, 2.75) is 72.7 Å². The van der Waals surface area contributed by atoms with Crippen LogP contribution in [0.3, 0.4) is 0 Å². The van der Waals surface area contributed by atoms with E-state index in [-0.39, 0.29) is 22.2 Å². The van der Waals surface area contributed by atoms with Gasteiger partial charge in [-0.1, -0.05) is 13.8 Å². The number of aliphatic hydroxyl groups is 1. The van der Waals surface area contributed by atoms with Gasteiger partial charge in [0.15, 0.2) is 23.5 Å². The number of ether oxygens (including phenoxy) is 2. The number of carboxylic acids is 1. The predicted molar refractivity (Wildman–Crippen MR) is 133 cm³/mol. The van der Waals surface area contributed by atoms with E-state index in [9.17, 15) is 23.8 Å². The fourth-order valence-electron chi connectivity index (χ4n) is 4.64. The fraction of sp³-hybridized carbons (Fsp3) is 0.556. The van der Waals surface area contributed by atoms with Crippen molar-refractivity contribution in [1.82, 2.24) is 4.98 Å². The Labute approximate surface area is 211 Å². The molecule has 1 atom stereocenters. The number of hydrogen-bond donors (Lipinski definition) is 2. The number of hydrogen-bond acceptors (Lipinski definition) is 6. The van der Waals surface area contributed by atoms with Crippen LogP contribution in [0.15, 0.2) is 12.1 Å². The molecule has 0 spiro atoms. The van der Waals surface area contributed by atoms with Crippen molar-refractivity contribution in [2.75, 3.05) is 25.1 Å². The van der Waals surface area contributed by atoms with Gasteiger partial charge in [0.1, 0.15) is 0 Å². The summed E-state index contributed by atoms with van der Waals surface area (Å²) < 4.78 is 40.5. The Balaban J connectivity index is 2.40. The van der Waals surface area contributed by atoms with Gasteiger partial charge >= 0.3 is 5.97 Å². The Morgan fingerprint density at radius 3 is 2.19 bits per heavy atom. The van der Waals surface area contributed by atoms with Crippen molar-refractivity contribution in [3.05, 3.63) is 40.7 Å². The molecule has 3 rings (SSSR count). The number of nitrogens with zero attached hydrogens (tertiary/aromatic N) is 2. The second-order valence-corrected chi connectivity index (χ2v) is 11.0. The van der Waals surface area contributed by atoms with Crippen LogP contribution in [0.25, 0.3) is 11.1 Å². The molecule has 1 aliphatic heterocycles. The topological polar surface area (TPSA) is 92.1 Å². The Morgan fingerprint density at radius 2 is 1.75 bits per heavy atom. The van der Waals surface area contributed by atoms with Gasteiger partial charge in [-0.15, -0.1) is 0 Å². The van der Waals surface area contributed by atoms with E-state index in [0.29, 0.717) is 30.0 Å². The molecule has 0 saturated carbocycles. The zero-order valence-electron chi connectivity index (χ0n) is 22.0. The summed E-state index contributed by atoms with van der Waals surface area (Å²) in [6, 6.07) is 2.24. The van der Waals surface area contributed by atoms with Crippen LogP contribution in [0.5, 0.6) is 5.75 Å². The number of carbonyl (C=O) groups is 1. The van der Waals surface area contributed by atoms with Crippen molar-refractivity contribution in [1.29, 1.82) is 0 Å². The lowest BCUT2D eigenvalue weighted by Gasteiger charge is -2.41. The Morgan fingerprint density at radius 1 is 1.19 bits per heavy atom. The van der Waals surface area contributed by atoms with Gasteiger partial charge in [0.05, 0.1) is 30.7 Å². The molecule has 0 amide bonds. The number of piperidine rings is 1. The molecule has 0 bridgehead atoms. The van der Waals surface area contributed by atoms with Gasteiger partial charge in [-0.3, -0.25) is 4.98 Å². The third kappa shape index (κ3) is 5.78. The second kappa shape index (κ2) is 10.3. The second-order valence-electron chi connectivity index (χ2n) is 11.0. The maximum atomic E-state index is 14.8. The molecule has 7 nitrogen and oxygen atoms in total. The van der Waals surface area contributed by atoms with Crippen LogP contribution >= 0.6 is 0 Å². The highest BCUT2D eigenvalue weighted by atomic mass is 19.1. The predicted octanol–water partition coefficient (Wildman–Crippen LogP) is 5.40. The van der Waals surface area contributed by atoms with Crippen LogP contribution in [-0.4, -0.2) is 47.0 Å². The lowest BCUT2D eigenvalue weighted by Crippen LogP contribution is -2.39. The summed E-state index contributed by atoms with van der Waals surface area (Å²) in [7, 11) is 1.17. The van der Waals surface area contributed by atoms with E-state index in [4.69, 9.17) is 9.47 Å². The first-order valence-corrected chi connectivity index (χ1v) is 12.0. The number of rotatable bonds is 7. The monoisotopic (exact) mass is 506 g/mol. The minimum absolute atomic E-state index is 0.0884. The van der Waals surface area contributed by atoms with E-state index in [1.54, 1.807) is 27.7 Å². The van der Waals surface area contributed by atoms with Crippen LogP contribution in [0.1, 0.15) is 70.5 Å². The maximum Gasteiger partial charge on any atom is 0.337 e. The Kier molecular flexibility index (Phi) is 7.95. The highest BCUT2D eigenvalue weighted by molar-refractivity contribution is 5.88. The molecule has 2 N–H and O–H groups in total. The molecule has 36 heavy (non-hydrogen) atoms. The average molecular weight is 507 g/mol. The quantitative estimate of drug-likeness (QED) is 0.519. The first-order chi connectivity index (χ1) is 16.7. The molecule has 0 radical (unpaired) electrons. The molecule has 2 heterocycles. The molecule has 1 fully saturated rings. The highest BCUT2D eigenvalue weighted by Crippen LogP contribution is 2.45. The van der Waals surface area contributed by atoms with Crippen molar-refractivity contribution in [3.8, 4) is 16.9 Å². The summed E-state index contributed by atoms with van der Waals surface area (Å²) in [5.74, 6) is -3.55. The van der Waals surface area contributed by atoms with E-state index < -0.39 is 41.7 Å². The first-order valence-electron chi connectivity index (χ1n) is 12.0. The number of aliphatic carboxylic acids is 1. The van der Waals surface area contributed by atoms with Crippen LogP contribution in [0.4, 0.5) is 14.5 Å². The Bertz CT molecular complexity index is 1110. The summed E-state index contributed by atoms with van der Waals surface area (Å²) in [5, 5.41) is 20.4. The number of aromatic nitrogens is 1. The van der Waals surface area contributed by atoms with Crippen molar-refractivity contribution >= 4 is 11.7 Å². The minimum atomic E-state index is -1.39. The SMILES string of the molecule is COc1c(F)cc(-c2c(CO)nc(C)c([C@H](OC(C)(C)C)C(=O)O)c2N2CCC(C)(C)CC2)cc1F. The number of aliphatic hydroxyl groups excluding tert-OH is 1. The highest BCUT2D eigenvalue weighted by Gasteiger charge is 2.37. The van der Waals surface area contributed by atoms with E-state index in [0.717, 1.165) is 25.0 Å². The molecule has 1 saturated heterocycles. The molecule has 1 aromatic heterocycles. The van der Waals surface area contributed by atoms with Crippen molar-refractivity contribution in [3.63, 3.8) is 0 Å². The van der Waals surface area contributed by atoms with Gasteiger partial charge in [0.2, 0.25) is 0 Å². The molecule has 0 unspecified atom stereocenters. The summed E-state index contributed by atoms with van der Waals surface area (Å²) in [4.78, 5) is 19.0. The fourth-order valence-corrected chi connectivity index (χ4v) is 4.64. The number of benzene rings is 1. The van der Waals surface area contributed by atoms with Gasteiger partial charge in [-0.25, -0.2) is 13.6 Å². The van der Waals surface area contributed by atoms with Gasteiger partial charge in [-0.2, -0.15) is 0 Å². The smallest absolute Gasteiger partial charge is 0.337 e. The number of anilines is 1. The molecule has 0 aliphatic carbocycles. The van der Waals surface area contributed by atoms with E-state index >= 15 is 0 Å². The third-order valence-corrected chi connectivity index (χ3v) is 6.50. The zero-order valence-corrected chi connectivity index (χ0v) is 22.0. The normalized spacial score (nSPS) is 16.7. The number of pyridine rings is 1. The van der Waals surface area contributed by atoms with E-state index in [1.165, 1.54) is 7.11 Å². The van der Waals surface area contributed by atoms with Crippen LogP contribution in [-0.2, 0) is 16.1 Å². The molecule has 198 valence electrons. The van der Waals surface area contributed by atoms with Crippen molar-refractivity contribution in [2.24, 2.45) is 5.41 Å². The number of aryl methyl sites for hydroxylation is 1. The van der Waals surface area contributed by atoms with Crippen LogP contribution in [0.2, 0.25) is 0 Å². The van der Waals surface area contributed by atoms with Crippen LogP contribution in [0, 0.1) is 24.0 Å². The van der Waals surface area contributed by atoms with E-state index in [2.05, 4.69) is 18.8 Å². The lowest BCUT2D eigenvalue weighted by molar-refractivity contribution is -0.160. The number of methoxy groups -OCH3 is 1. The van der Waals surface area contributed by atoms with Gasteiger partial charge < -0.3 is 24.6 Å². The van der Waals surface area contributed by atoms with Gasteiger partial charge in [-0.05, 0) is 63.6 Å². The molecule has 9 heteroatoms. The minimum Gasteiger partial charge on any atom is -0.491 e. The van der Waals surface area contributed by atoms with E-state index in [1.807, 2.05) is 4.90 Å². The molecular formula is C27H36F2N2O5. The summed E-state index contributed by atoms with van der Waals surface area (Å²) in [6.07, 6.45) is 0.261. The average Bonchev–Trinajstić information content (AvgIpc) is 2.76. The number of carboxylic acid groups (broad SMARTS) is 1. The van der Waals surface area contributed by atoms with Crippen molar-refractivity contribution < 1.29 is 33.3 Å².